The molecule has 0 aliphatic carbocycles. The lowest BCUT2D eigenvalue weighted by atomic mass is 10.2. The van der Waals surface area contributed by atoms with Gasteiger partial charge in [-0.3, -0.25) is 9.59 Å². The Kier molecular flexibility index (Phi) is 4.70. The molecule has 10 heteroatoms. The Hall–Kier alpha value is -1.26. The summed E-state index contributed by atoms with van der Waals surface area (Å²) in [5.41, 5.74) is 0. The molecule has 0 saturated carbocycles. The maximum absolute atomic E-state index is 12.2. The highest BCUT2D eigenvalue weighted by Gasteiger charge is 2.56. The van der Waals surface area contributed by atoms with Crippen molar-refractivity contribution in [2.45, 2.75) is 64.2 Å². The maximum atomic E-state index is 12.2. The van der Waals surface area contributed by atoms with Crippen LogP contribution < -0.4 is 0 Å². The Morgan fingerprint density at radius 1 is 1.21 bits per heavy atom. The van der Waals surface area contributed by atoms with Crippen molar-refractivity contribution in [3.05, 3.63) is 0 Å². The molecule has 8 nitrogen and oxygen atoms in total. The first-order valence-electron chi connectivity index (χ1n) is 7.86. The van der Waals surface area contributed by atoms with E-state index in [1.807, 2.05) is 33.9 Å². The Morgan fingerprint density at radius 2 is 1.71 bits per heavy atom. The van der Waals surface area contributed by atoms with Crippen molar-refractivity contribution < 1.29 is 27.6 Å². The second kappa shape index (κ2) is 5.92. The highest BCUT2D eigenvalue weighted by Crippen LogP contribution is 2.44. The molecule has 0 aromatic carbocycles. The van der Waals surface area contributed by atoms with Crippen LogP contribution in [0.3, 0.4) is 0 Å². The Morgan fingerprint density at radius 3 is 2.12 bits per heavy atom. The number of carbonyl (C=O) groups is 3. The molecule has 0 bridgehead atoms. The van der Waals surface area contributed by atoms with Gasteiger partial charge in [0.2, 0.25) is 10.0 Å². The van der Waals surface area contributed by atoms with Crippen LogP contribution in [0.4, 0.5) is 0 Å². The fourth-order valence-electron chi connectivity index (χ4n) is 2.80. The molecule has 1 atom stereocenters. The average Bonchev–Trinajstić information content (AvgIpc) is 2.67. The molecule has 0 spiro atoms. The monoisotopic (exact) mass is 376 g/mol. The van der Waals surface area contributed by atoms with Crippen LogP contribution in [-0.2, 0) is 29.2 Å². The topological polar surface area (TPSA) is 101 Å². The minimum Gasteiger partial charge on any atom is -0.330 e. The minimum absolute atomic E-state index is 0.0278. The van der Waals surface area contributed by atoms with E-state index in [0.29, 0.717) is 5.06 Å². The minimum atomic E-state index is -3.37. The smallest absolute Gasteiger partial charge is 0.330 e. The van der Waals surface area contributed by atoms with E-state index in [9.17, 15) is 22.8 Å². The molecule has 24 heavy (non-hydrogen) atoms. The van der Waals surface area contributed by atoms with Crippen LogP contribution in [0, 0.1) is 0 Å². The molecule has 2 heterocycles. The summed E-state index contributed by atoms with van der Waals surface area (Å²) in [5.74, 6) is -1.97. The molecule has 2 saturated heterocycles. The van der Waals surface area contributed by atoms with Crippen LogP contribution in [0.25, 0.3) is 0 Å². The zero-order valence-corrected chi connectivity index (χ0v) is 16.5. The van der Waals surface area contributed by atoms with Crippen molar-refractivity contribution in [2.75, 3.05) is 5.75 Å². The number of hydrogen-bond donors (Lipinski definition) is 0. The molecule has 0 radical (unpaired) electrons. The van der Waals surface area contributed by atoms with Crippen molar-refractivity contribution in [3.63, 3.8) is 0 Å². The highest BCUT2D eigenvalue weighted by atomic mass is 32.2. The van der Waals surface area contributed by atoms with Gasteiger partial charge in [-0.2, -0.15) is 0 Å². The summed E-state index contributed by atoms with van der Waals surface area (Å²) in [4.78, 5) is 39.9. The lowest BCUT2D eigenvalue weighted by Gasteiger charge is -2.53. The largest absolute Gasteiger partial charge is 0.334 e. The molecule has 2 aliphatic heterocycles. The summed E-state index contributed by atoms with van der Waals surface area (Å²) in [6.45, 7) is 9.88. The molecular weight excluding hydrogens is 352 g/mol. The van der Waals surface area contributed by atoms with Gasteiger partial charge in [0.05, 0.1) is 12.2 Å². The maximum Gasteiger partial charge on any atom is 0.334 e. The first-order valence-corrected chi connectivity index (χ1v) is 12.4. The van der Waals surface area contributed by atoms with Crippen molar-refractivity contribution >= 4 is 36.0 Å². The van der Waals surface area contributed by atoms with Crippen LogP contribution in [0.1, 0.15) is 40.0 Å². The third kappa shape index (κ3) is 3.27. The van der Waals surface area contributed by atoms with Crippen LogP contribution in [-0.4, -0.2) is 55.3 Å². The molecule has 136 valence electrons. The van der Waals surface area contributed by atoms with Gasteiger partial charge in [-0.25, -0.2) is 17.2 Å². The molecule has 2 fully saturated rings. The van der Waals surface area contributed by atoms with Crippen molar-refractivity contribution in [1.29, 1.82) is 0 Å². The third-order valence-corrected chi connectivity index (χ3v) is 14.1. The first-order chi connectivity index (χ1) is 10.8. The predicted molar refractivity (Wildman–Crippen MR) is 88.4 cm³/mol. The van der Waals surface area contributed by atoms with Gasteiger partial charge in [-0.1, -0.05) is 33.9 Å². The normalized spacial score (nSPS) is 24.9. The van der Waals surface area contributed by atoms with Gasteiger partial charge in [-0.05, 0) is 5.04 Å². The fraction of sp³-hybridized carbons (Fsp3) is 0.786. The summed E-state index contributed by atoms with van der Waals surface area (Å²) in [5, 5.41) is 0.287. The van der Waals surface area contributed by atoms with E-state index >= 15 is 0 Å². The summed E-state index contributed by atoms with van der Waals surface area (Å²) >= 11 is 0. The van der Waals surface area contributed by atoms with Crippen molar-refractivity contribution in [1.82, 2.24) is 9.03 Å². The second-order valence-electron chi connectivity index (χ2n) is 7.79. The van der Waals surface area contributed by atoms with Gasteiger partial charge in [-0.15, -0.1) is 5.06 Å². The Balaban J connectivity index is 2.08. The zero-order chi connectivity index (χ0) is 18.5. The third-order valence-electron chi connectivity index (χ3n) is 5.02. The van der Waals surface area contributed by atoms with Crippen LogP contribution in [0.5, 0.6) is 0 Å². The van der Waals surface area contributed by atoms with E-state index in [4.69, 9.17) is 4.84 Å². The number of imide groups is 1. The summed E-state index contributed by atoms with van der Waals surface area (Å²) in [6.07, 6.45) is -0.108. The summed E-state index contributed by atoms with van der Waals surface area (Å²) < 4.78 is 26.0. The fourth-order valence-corrected chi connectivity index (χ4v) is 9.77. The highest BCUT2D eigenvalue weighted by molar-refractivity contribution is 7.91. The molecule has 2 aliphatic rings. The number of hydrogen-bond acceptors (Lipinski definition) is 6. The molecule has 0 N–H and O–H groups in total. The molecule has 0 aromatic heterocycles. The van der Waals surface area contributed by atoms with Crippen LogP contribution in [0.2, 0.25) is 18.1 Å². The van der Waals surface area contributed by atoms with Crippen molar-refractivity contribution in [3.8, 4) is 0 Å². The van der Waals surface area contributed by atoms with Crippen LogP contribution in [0.15, 0.2) is 0 Å². The average molecular weight is 377 g/mol. The SMILES string of the molecule is CC(C)(C)[Si](C)(C)N1C(CC(=O)ON2C(=O)CCC2=O)CS1(=O)=O. The molecule has 1 unspecified atom stereocenters. The van der Waals surface area contributed by atoms with Gasteiger partial charge in [0.25, 0.3) is 11.8 Å². The molecular formula is C14H24N2O6SSi. The standard InChI is InChI=1S/C14H24N2O6SSi/c1-14(2,3)24(4,5)16-10(9-23(16,20)21)8-13(19)22-15-11(17)6-7-12(15)18/h10H,6-9H2,1-5H3. The van der Waals surface area contributed by atoms with E-state index in [1.165, 1.54) is 3.97 Å². The van der Waals surface area contributed by atoms with Crippen LogP contribution >= 0.6 is 0 Å². The van der Waals surface area contributed by atoms with Crippen molar-refractivity contribution in [2.24, 2.45) is 0 Å². The van der Waals surface area contributed by atoms with Gasteiger partial charge in [0.15, 0.2) is 0 Å². The van der Waals surface area contributed by atoms with E-state index in [1.54, 1.807) is 0 Å². The summed E-state index contributed by atoms with van der Waals surface area (Å²) in [6, 6.07) is -0.476. The number of carbonyl (C=O) groups excluding carboxylic acids is 3. The lowest BCUT2D eigenvalue weighted by Crippen LogP contribution is -2.70. The number of amides is 2. The van der Waals surface area contributed by atoms with E-state index in [-0.39, 0.29) is 30.1 Å². The van der Waals surface area contributed by atoms with Gasteiger partial charge < -0.3 is 4.84 Å². The number of sulfonamides is 1. The summed E-state index contributed by atoms with van der Waals surface area (Å²) in [7, 11) is -5.73. The van der Waals surface area contributed by atoms with E-state index in [0.717, 1.165) is 0 Å². The Bertz CT molecular complexity index is 666. The molecule has 2 amide bonds. The lowest BCUT2D eigenvalue weighted by molar-refractivity contribution is -0.198. The Labute approximate surface area is 143 Å². The van der Waals surface area contributed by atoms with E-state index in [2.05, 4.69) is 0 Å². The molecule has 2 rings (SSSR count). The quantitative estimate of drug-likeness (QED) is 0.536. The van der Waals surface area contributed by atoms with Gasteiger partial charge >= 0.3 is 5.97 Å². The molecule has 0 aromatic rings. The van der Waals surface area contributed by atoms with Gasteiger partial charge in [0.1, 0.15) is 8.24 Å². The second-order valence-corrected chi connectivity index (χ2v) is 15.1. The first kappa shape index (κ1) is 19.1. The number of hydroxylamine groups is 2. The number of rotatable bonds is 4. The van der Waals surface area contributed by atoms with E-state index < -0.39 is 42.1 Å². The zero-order valence-electron chi connectivity index (χ0n) is 14.7. The van der Waals surface area contributed by atoms with Gasteiger partial charge in [0, 0.05) is 18.9 Å². The number of nitrogens with zero attached hydrogens (tertiary/aromatic N) is 2. The predicted octanol–water partition coefficient (Wildman–Crippen LogP) is 1.00.